The van der Waals surface area contributed by atoms with Crippen molar-refractivity contribution >= 4 is 5.91 Å². The Kier molecular flexibility index (Phi) is 7.60. The van der Waals surface area contributed by atoms with Crippen LogP contribution in [-0.2, 0) is 22.6 Å². The Bertz CT molecular complexity index is 890. The number of morpholine rings is 1. The van der Waals surface area contributed by atoms with Gasteiger partial charge in [0.2, 0.25) is 0 Å². The number of hydrogen-bond acceptors (Lipinski definition) is 6. The highest BCUT2D eigenvalue weighted by atomic mass is 16.5. The van der Waals surface area contributed by atoms with Crippen LogP contribution < -0.4 is 9.47 Å². The van der Waals surface area contributed by atoms with E-state index in [2.05, 4.69) is 23.7 Å². The Morgan fingerprint density at radius 1 is 1.09 bits per heavy atom. The summed E-state index contributed by atoms with van der Waals surface area (Å²) in [5.41, 5.74) is 2.23. The first kappa shape index (κ1) is 22.6. The average Bonchev–Trinajstić information content (AvgIpc) is 3.04. The lowest BCUT2D eigenvalue weighted by Gasteiger charge is -2.35. The molecule has 0 spiro atoms. The zero-order valence-corrected chi connectivity index (χ0v) is 19.0. The van der Waals surface area contributed by atoms with Crippen molar-refractivity contribution in [1.82, 2.24) is 14.8 Å². The molecule has 7 nitrogen and oxygen atoms in total. The molecule has 0 saturated carbocycles. The van der Waals surface area contributed by atoms with E-state index in [1.807, 2.05) is 35.2 Å². The summed E-state index contributed by atoms with van der Waals surface area (Å²) in [6, 6.07) is 9.99. The zero-order chi connectivity index (χ0) is 22.3. The molecule has 3 heterocycles. The van der Waals surface area contributed by atoms with Crippen molar-refractivity contribution in [3.8, 4) is 11.5 Å². The monoisotopic (exact) mass is 439 g/mol. The molecule has 1 aromatic carbocycles. The van der Waals surface area contributed by atoms with Gasteiger partial charge in [-0.15, -0.1) is 0 Å². The second-order valence-electron chi connectivity index (χ2n) is 8.89. The van der Waals surface area contributed by atoms with Gasteiger partial charge in [-0.1, -0.05) is 19.9 Å². The van der Waals surface area contributed by atoms with Crippen LogP contribution in [0.2, 0.25) is 0 Å². The molecule has 1 amide bonds. The number of carbonyl (C=O) groups is 1. The van der Waals surface area contributed by atoms with Gasteiger partial charge in [0.1, 0.15) is 6.10 Å². The van der Waals surface area contributed by atoms with Crippen LogP contribution in [0.4, 0.5) is 0 Å². The predicted octanol–water partition coefficient (Wildman–Crippen LogP) is 3.13. The van der Waals surface area contributed by atoms with Crippen molar-refractivity contribution in [3.63, 3.8) is 0 Å². The predicted molar refractivity (Wildman–Crippen MR) is 122 cm³/mol. The molecule has 1 atom stereocenters. The number of fused-ring (bicyclic) bond motifs is 1. The third-order valence-corrected chi connectivity index (χ3v) is 5.66. The van der Waals surface area contributed by atoms with Gasteiger partial charge in [-0.3, -0.25) is 14.7 Å². The van der Waals surface area contributed by atoms with Gasteiger partial charge in [0.05, 0.1) is 19.8 Å². The van der Waals surface area contributed by atoms with Crippen LogP contribution in [-0.4, -0.2) is 66.2 Å². The van der Waals surface area contributed by atoms with E-state index in [9.17, 15) is 4.79 Å². The van der Waals surface area contributed by atoms with E-state index in [0.717, 1.165) is 36.6 Å². The maximum absolute atomic E-state index is 13.5. The first-order chi connectivity index (χ1) is 15.6. The largest absolute Gasteiger partial charge is 0.490 e. The van der Waals surface area contributed by atoms with E-state index in [1.165, 1.54) is 5.56 Å². The zero-order valence-electron chi connectivity index (χ0n) is 19.0. The molecule has 0 bridgehead atoms. The lowest BCUT2D eigenvalue weighted by Crippen LogP contribution is -2.51. The maximum Gasteiger partial charge on any atom is 0.253 e. The van der Waals surface area contributed by atoms with E-state index in [1.54, 1.807) is 12.4 Å². The van der Waals surface area contributed by atoms with E-state index >= 15 is 0 Å². The van der Waals surface area contributed by atoms with Gasteiger partial charge in [-0.2, -0.15) is 0 Å². The number of carbonyl (C=O) groups excluding carboxylic acids is 1. The molecule has 0 N–H and O–H groups in total. The Morgan fingerprint density at radius 3 is 2.66 bits per heavy atom. The van der Waals surface area contributed by atoms with Gasteiger partial charge in [0.15, 0.2) is 11.5 Å². The second kappa shape index (κ2) is 10.8. The van der Waals surface area contributed by atoms with Gasteiger partial charge < -0.3 is 19.1 Å². The number of nitrogens with zero attached hydrogens (tertiary/aromatic N) is 3. The Hall–Kier alpha value is -2.64. The number of pyridine rings is 1. The van der Waals surface area contributed by atoms with Gasteiger partial charge >= 0.3 is 0 Å². The first-order valence-electron chi connectivity index (χ1n) is 11.5. The molecule has 1 unspecified atom stereocenters. The molecule has 2 aromatic rings. The number of ether oxygens (including phenoxy) is 3. The summed E-state index contributed by atoms with van der Waals surface area (Å²) in [4.78, 5) is 21.8. The maximum atomic E-state index is 13.5. The van der Waals surface area contributed by atoms with E-state index < -0.39 is 6.10 Å². The highest BCUT2D eigenvalue weighted by Gasteiger charge is 2.31. The summed E-state index contributed by atoms with van der Waals surface area (Å²) in [5, 5.41) is 0. The lowest BCUT2D eigenvalue weighted by molar-refractivity contribution is -0.151. The van der Waals surface area contributed by atoms with Crippen molar-refractivity contribution in [2.75, 3.05) is 39.5 Å². The first-order valence-corrected chi connectivity index (χ1v) is 11.5. The van der Waals surface area contributed by atoms with Gasteiger partial charge in [0, 0.05) is 51.5 Å². The summed E-state index contributed by atoms with van der Waals surface area (Å²) in [6.07, 6.45) is 4.03. The smallest absolute Gasteiger partial charge is 0.253 e. The molecule has 0 radical (unpaired) electrons. The summed E-state index contributed by atoms with van der Waals surface area (Å²) < 4.78 is 17.5. The van der Waals surface area contributed by atoms with E-state index in [0.29, 0.717) is 45.4 Å². The third-order valence-electron chi connectivity index (χ3n) is 5.66. The highest BCUT2D eigenvalue weighted by Crippen LogP contribution is 2.31. The number of aromatic nitrogens is 1. The summed E-state index contributed by atoms with van der Waals surface area (Å²) >= 11 is 0. The minimum atomic E-state index is -0.454. The van der Waals surface area contributed by atoms with Crippen molar-refractivity contribution in [2.24, 2.45) is 5.92 Å². The molecule has 1 aromatic heterocycles. The van der Waals surface area contributed by atoms with Crippen LogP contribution in [0.5, 0.6) is 11.5 Å². The van der Waals surface area contributed by atoms with Crippen LogP contribution in [0.3, 0.4) is 0 Å². The molecule has 0 aliphatic carbocycles. The normalized spacial score (nSPS) is 18.9. The molecular formula is C25H33N3O4. The average molecular weight is 440 g/mol. The van der Waals surface area contributed by atoms with Gasteiger partial charge in [-0.05, 0) is 41.3 Å². The minimum absolute atomic E-state index is 0.0465. The highest BCUT2D eigenvalue weighted by molar-refractivity contribution is 5.81. The molecule has 2 aliphatic rings. The van der Waals surface area contributed by atoms with Crippen LogP contribution in [0.15, 0.2) is 42.7 Å². The summed E-state index contributed by atoms with van der Waals surface area (Å²) in [5.74, 6) is 1.94. The van der Waals surface area contributed by atoms with Crippen molar-refractivity contribution in [1.29, 1.82) is 0 Å². The SMILES string of the molecule is CC(C)CN(Cc1ccc2c(c1)OCCCO2)C(=O)C1CN(Cc2ccncc2)CCO1. The number of amides is 1. The molecule has 1 saturated heterocycles. The molecule has 1 fully saturated rings. The van der Waals surface area contributed by atoms with Crippen molar-refractivity contribution < 1.29 is 19.0 Å². The van der Waals surface area contributed by atoms with Crippen LogP contribution in [0, 0.1) is 5.92 Å². The topological polar surface area (TPSA) is 64.1 Å². The van der Waals surface area contributed by atoms with Gasteiger partial charge in [0.25, 0.3) is 5.91 Å². The Balaban J connectivity index is 1.44. The van der Waals surface area contributed by atoms with Crippen molar-refractivity contribution in [2.45, 2.75) is 39.5 Å². The third kappa shape index (κ3) is 5.99. The molecule has 4 rings (SSSR count). The van der Waals surface area contributed by atoms with Crippen molar-refractivity contribution in [3.05, 3.63) is 53.9 Å². The van der Waals surface area contributed by atoms with E-state index in [4.69, 9.17) is 14.2 Å². The quantitative estimate of drug-likeness (QED) is 0.661. The number of hydrogen-bond donors (Lipinski definition) is 0. The minimum Gasteiger partial charge on any atom is -0.490 e. The molecule has 2 aliphatic heterocycles. The molecule has 172 valence electrons. The van der Waals surface area contributed by atoms with Gasteiger partial charge in [-0.25, -0.2) is 0 Å². The summed E-state index contributed by atoms with van der Waals surface area (Å²) in [6.45, 7) is 9.54. The second-order valence-corrected chi connectivity index (χ2v) is 8.89. The van der Waals surface area contributed by atoms with E-state index in [-0.39, 0.29) is 5.91 Å². The molecule has 32 heavy (non-hydrogen) atoms. The van der Waals surface area contributed by atoms with Crippen LogP contribution >= 0.6 is 0 Å². The van der Waals surface area contributed by atoms with Crippen LogP contribution in [0.1, 0.15) is 31.4 Å². The lowest BCUT2D eigenvalue weighted by atomic mass is 10.1. The fourth-order valence-corrected chi connectivity index (χ4v) is 4.15. The van der Waals surface area contributed by atoms with Crippen LogP contribution in [0.25, 0.3) is 0 Å². The summed E-state index contributed by atoms with van der Waals surface area (Å²) in [7, 11) is 0. The fourth-order valence-electron chi connectivity index (χ4n) is 4.15. The fraction of sp³-hybridized carbons (Fsp3) is 0.520. The Morgan fingerprint density at radius 2 is 1.88 bits per heavy atom. The number of rotatable bonds is 7. The molecule has 7 heteroatoms. The Labute approximate surface area is 190 Å². The molecular weight excluding hydrogens is 406 g/mol. The number of benzene rings is 1. The standard InChI is InChI=1S/C25H33N3O4/c1-19(2)15-28(17-21-4-5-22-23(14-21)31-12-3-11-30-22)25(29)24-18-27(10-13-32-24)16-20-6-8-26-9-7-20/h4-9,14,19,24H,3,10-13,15-18H2,1-2H3.